The Balaban J connectivity index is 2.07. The van der Waals surface area contributed by atoms with Crippen LogP contribution in [0.15, 0.2) is 24.7 Å². The van der Waals surface area contributed by atoms with Crippen molar-refractivity contribution in [3.63, 3.8) is 0 Å². The summed E-state index contributed by atoms with van der Waals surface area (Å²) in [6.07, 6.45) is 4.39. The number of hydrogen-bond donors (Lipinski definition) is 2. The number of hydrogen-bond acceptors (Lipinski definition) is 3. The predicted molar refractivity (Wildman–Crippen MR) is 86.7 cm³/mol. The Morgan fingerprint density at radius 3 is 2.65 bits per heavy atom. The number of urea groups is 1. The number of carbonyl (C=O) groups is 1. The van der Waals surface area contributed by atoms with Crippen LogP contribution >= 0.6 is 0 Å². The molecule has 2 aromatic rings. The van der Waals surface area contributed by atoms with E-state index in [1.54, 1.807) is 0 Å². The van der Waals surface area contributed by atoms with Crippen LogP contribution in [0.5, 0.6) is 0 Å². The van der Waals surface area contributed by atoms with Crippen LogP contribution < -0.4 is 10.6 Å². The van der Waals surface area contributed by atoms with Crippen LogP contribution in [-0.4, -0.2) is 20.8 Å². The largest absolute Gasteiger partial charge is 0.331 e. The predicted octanol–water partition coefficient (Wildman–Crippen LogP) is 3.36. The van der Waals surface area contributed by atoms with Crippen molar-refractivity contribution in [3.05, 3.63) is 41.7 Å². The van der Waals surface area contributed by atoms with Crippen LogP contribution in [0.3, 0.4) is 0 Å². The Hall–Kier alpha value is -2.44. The molecule has 2 heterocycles. The summed E-state index contributed by atoms with van der Waals surface area (Å²) in [5, 5.41) is 9.75. The third kappa shape index (κ3) is 4.06. The first-order valence-corrected chi connectivity index (χ1v) is 7.42. The van der Waals surface area contributed by atoms with E-state index in [4.69, 9.17) is 0 Å². The summed E-state index contributed by atoms with van der Waals surface area (Å²) in [5.41, 5.74) is 1.73. The first-order valence-electron chi connectivity index (χ1n) is 7.42. The molecular weight excluding hydrogens is 297 g/mol. The molecule has 0 saturated carbocycles. The van der Waals surface area contributed by atoms with Crippen LogP contribution in [0.4, 0.5) is 14.9 Å². The Kier molecular flexibility index (Phi) is 4.68. The van der Waals surface area contributed by atoms with Gasteiger partial charge in [-0.15, -0.1) is 0 Å². The SMILES string of the molecule is Cc1nn(C(C)(C)C)cc1C(C)NC(=O)Nc1ccncc1F. The van der Waals surface area contributed by atoms with Crippen LogP contribution in [0, 0.1) is 12.7 Å². The maximum Gasteiger partial charge on any atom is 0.319 e. The number of nitrogens with zero attached hydrogens (tertiary/aromatic N) is 3. The summed E-state index contributed by atoms with van der Waals surface area (Å²) in [6, 6.07) is 0.671. The van der Waals surface area contributed by atoms with E-state index in [-0.39, 0.29) is 17.3 Å². The molecule has 0 radical (unpaired) electrons. The monoisotopic (exact) mass is 319 g/mol. The molecule has 0 spiro atoms. The van der Waals surface area contributed by atoms with Crippen LogP contribution in [0.1, 0.15) is 45.0 Å². The number of aromatic nitrogens is 3. The Bertz CT molecular complexity index is 705. The summed E-state index contributed by atoms with van der Waals surface area (Å²) in [6.45, 7) is 9.93. The summed E-state index contributed by atoms with van der Waals surface area (Å²) < 4.78 is 15.4. The van der Waals surface area contributed by atoms with E-state index in [1.165, 1.54) is 12.3 Å². The molecular formula is C16H22FN5O. The molecule has 0 aliphatic carbocycles. The lowest BCUT2D eigenvalue weighted by Gasteiger charge is -2.19. The van der Waals surface area contributed by atoms with Crippen molar-refractivity contribution >= 4 is 11.7 Å². The van der Waals surface area contributed by atoms with Gasteiger partial charge in [0, 0.05) is 18.0 Å². The number of carbonyl (C=O) groups excluding carboxylic acids is 1. The molecule has 0 aromatic carbocycles. The molecule has 1 atom stereocenters. The maximum atomic E-state index is 13.5. The fraction of sp³-hybridized carbons (Fsp3) is 0.438. The van der Waals surface area contributed by atoms with Gasteiger partial charge in [0.2, 0.25) is 0 Å². The lowest BCUT2D eigenvalue weighted by atomic mass is 10.1. The molecule has 2 amide bonds. The van der Waals surface area contributed by atoms with E-state index < -0.39 is 11.8 Å². The molecule has 6 nitrogen and oxygen atoms in total. The molecule has 0 fully saturated rings. The first-order chi connectivity index (χ1) is 10.7. The fourth-order valence-corrected chi connectivity index (χ4v) is 2.15. The Labute approximate surface area is 135 Å². The molecule has 2 N–H and O–H groups in total. The van der Waals surface area contributed by atoms with Crippen molar-refractivity contribution in [2.24, 2.45) is 0 Å². The molecule has 0 saturated heterocycles. The van der Waals surface area contributed by atoms with Gasteiger partial charge in [0.15, 0.2) is 5.82 Å². The second-order valence-corrected chi connectivity index (χ2v) is 6.46. The van der Waals surface area contributed by atoms with E-state index in [2.05, 4.69) is 41.5 Å². The highest BCUT2D eigenvalue weighted by Crippen LogP contribution is 2.21. The highest BCUT2D eigenvalue weighted by Gasteiger charge is 2.20. The quantitative estimate of drug-likeness (QED) is 0.911. The Morgan fingerprint density at radius 2 is 2.09 bits per heavy atom. The normalized spacial score (nSPS) is 12.8. The summed E-state index contributed by atoms with van der Waals surface area (Å²) in [5.74, 6) is -0.577. The average Bonchev–Trinajstić information content (AvgIpc) is 2.83. The molecule has 2 aromatic heterocycles. The minimum Gasteiger partial charge on any atom is -0.331 e. The number of amides is 2. The van der Waals surface area contributed by atoms with Crippen molar-refractivity contribution in [3.8, 4) is 0 Å². The lowest BCUT2D eigenvalue weighted by Crippen LogP contribution is -2.31. The van der Waals surface area contributed by atoms with Crippen molar-refractivity contribution in [2.45, 2.75) is 46.2 Å². The van der Waals surface area contributed by atoms with Gasteiger partial charge < -0.3 is 10.6 Å². The molecule has 0 bridgehead atoms. The number of pyridine rings is 1. The molecule has 0 aliphatic heterocycles. The van der Waals surface area contributed by atoms with Gasteiger partial charge in [-0.1, -0.05) is 0 Å². The van der Waals surface area contributed by atoms with E-state index in [9.17, 15) is 9.18 Å². The van der Waals surface area contributed by atoms with Crippen molar-refractivity contribution in [1.29, 1.82) is 0 Å². The van der Waals surface area contributed by atoms with Crippen molar-refractivity contribution < 1.29 is 9.18 Å². The highest BCUT2D eigenvalue weighted by atomic mass is 19.1. The average molecular weight is 319 g/mol. The second-order valence-electron chi connectivity index (χ2n) is 6.46. The van der Waals surface area contributed by atoms with Crippen molar-refractivity contribution in [2.75, 3.05) is 5.32 Å². The minimum absolute atomic E-state index is 0.0896. The van der Waals surface area contributed by atoms with Crippen LogP contribution in [0.25, 0.3) is 0 Å². The molecule has 1 unspecified atom stereocenters. The smallest absolute Gasteiger partial charge is 0.319 e. The molecule has 0 aliphatic rings. The van der Waals surface area contributed by atoms with Gasteiger partial charge in [-0.2, -0.15) is 5.10 Å². The summed E-state index contributed by atoms with van der Waals surface area (Å²) >= 11 is 0. The van der Waals surface area contributed by atoms with Gasteiger partial charge in [-0.05, 0) is 40.7 Å². The minimum atomic E-state index is -0.577. The maximum absolute atomic E-state index is 13.5. The number of nitrogens with one attached hydrogen (secondary N) is 2. The number of anilines is 1. The van der Waals surface area contributed by atoms with E-state index in [0.717, 1.165) is 17.5 Å². The summed E-state index contributed by atoms with van der Waals surface area (Å²) in [4.78, 5) is 15.7. The molecule has 2 rings (SSSR count). The van der Waals surface area contributed by atoms with E-state index in [0.29, 0.717) is 0 Å². The zero-order valence-electron chi connectivity index (χ0n) is 14.0. The molecule has 124 valence electrons. The highest BCUT2D eigenvalue weighted by molar-refractivity contribution is 5.89. The van der Waals surface area contributed by atoms with Gasteiger partial charge in [-0.25, -0.2) is 9.18 Å². The zero-order chi connectivity index (χ0) is 17.2. The number of rotatable bonds is 3. The zero-order valence-corrected chi connectivity index (χ0v) is 14.0. The fourth-order valence-electron chi connectivity index (χ4n) is 2.15. The van der Waals surface area contributed by atoms with Gasteiger partial charge in [0.1, 0.15) is 0 Å². The number of aryl methyl sites for hydroxylation is 1. The third-order valence-corrected chi connectivity index (χ3v) is 3.46. The van der Waals surface area contributed by atoms with Crippen molar-refractivity contribution in [1.82, 2.24) is 20.1 Å². The number of halogens is 1. The van der Waals surface area contributed by atoms with Gasteiger partial charge >= 0.3 is 6.03 Å². The van der Waals surface area contributed by atoms with E-state index in [1.807, 2.05) is 24.7 Å². The topological polar surface area (TPSA) is 71.8 Å². The third-order valence-electron chi connectivity index (χ3n) is 3.46. The van der Waals surface area contributed by atoms with Crippen LogP contribution in [-0.2, 0) is 5.54 Å². The van der Waals surface area contributed by atoms with Gasteiger partial charge in [0.05, 0.1) is 29.2 Å². The van der Waals surface area contributed by atoms with Gasteiger partial charge in [-0.3, -0.25) is 9.67 Å². The first kappa shape index (κ1) is 16.9. The van der Waals surface area contributed by atoms with Gasteiger partial charge in [0.25, 0.3) is 0 Å². The molecule has 23 heavy (non-hydrogen) atoms. The standard InChI is InChI=1S/C16H22FN5O/c1-10(12-9-22(16(3,4)5)21-11(12)2)19-15(23)20-14-6-7-18-8-13(14)17/h6-10H,1-5H3,(H2,18,19,20,23). The molecule has 7 heteroatoms. The lowest BCUT2D eigenvalue weighted by molar-refractivity contribution is 0.249. The second kappa shape index (κ2) is 6.36. The van der Waals surface area contributed by atoms with E-state index >= 15 is 0 Å². The summed E-state index contributed by atoms with van der Waals surface area (Å²) in [7, 11) is 0. The van der Waals surface area contributed by atoms with Crippen LogP contribution in [0.2, 0.25) is 0 Å². The Morgan fingerprint density at radius 1 is 1.39 bits per heavy atom.